The Hall–Kier alpha value is -4.72. The molecular formula is C38H40O8. The van der Waals surface area contributed by atoms with Crippen molar-refractivity contribution in [1.82, 2.24) is 0 Å². The summed E-state index contributed by atoms with van der Waals surface area (Å²) in [5, 5.41) is 0. The van der Waals surface area contributed by atoms with E-state index < -0.39 is 35.7 Å². The van der Waals surface area contributed by atoms with Crippen molar-refractivity contribution in [1.29, 1.82) is 0 Å². The molecule has 46 heavy (non-hydrogen) atoms. The van der Waals surface area contributed by atoms with Crippen LogP contribution in [0.5, 0.6) is 0 Å². The van der Waals surface area contributed by atoms with Gasteiger partial charge in [-0.1, -0.05) is 83.0 Å². The minimum absolute atomic E-state index is 0.140. The van der Waals surface area contributed by atoms with Crippen LogP contribution in [-0.4, -0.2) is 50.3 Å². The molecule has 0 aromatic heterocycles. The van der Waals surface area contributed by atoms with E-state index in [1.54, 1.807) is 27.7 Å². The second kappa shape index (κ2) is 14.6. The molecule has 0 radical (unpaired) electrons. The highest BCUT2D eigenvalue weighted by Crippen LogP contribution is 2.56. The van der Waals surface area contributed by atoms with E-state index in [0.29, 0.717) is 24.0 Å². The maximum Gasteiger partial charge on any atom is 0.335 e. The van der Waals surface area contributed by atoms with Crippen molar-refractivity contribution in [2.45, 2.75) is 65.2 Å². The topological polar surface area (TPSA) is 105 Å². The lowest BCUT2D eigenvalue weighted by Gasteiger charge is -2.41. The summed E-state index contributed by atoms with van der Waals surface area (Å²) < 4.78 is 22.0. The van der Waals surface area contributed by atoms with Crippen molar-refractivity contribution >= 4 is 23.9 Å². The summed E-state index contributed by atoms with van der Waals surface area (Å²) in [6.45, 7) is 7.59. The number of hydrogen-bond acceptors (Lipinski definition) is 8. The minimum Gasteiger partial charge on any atom is -0.463 e. The third-order valence-electron chi connectivity index (χ3n) is 8.73. The molecular weight excluding hydrogens is 584 g/mol. The standard InChI is InChI=1S/C38H40O8/c1-5-43-35(39)29-21-25-19-27-28(20-26(25)22-30(29)36(40)44-6-2)32(24-17-13-10-14-18-24)34(38(42)46-8-4)33(37(41)45-7-3)31(27)23-15-11-9-12-16-23/h9-18,31-32H,5-8,19-22H2,1-4H3/t31-,32+. The number of allylic oxidation sites excluding steroid dienone is 4. The summed E-state index contributed by atoms with van der Waals surface area (Å²) in [6.07, 6.45) is 1.37. The number of carbonyl (C=O) groups excluding carboxylic acids is 4. The molecule has 2 aromatic rings. The Labute approximate surface area is 269 Å². The lowest BCUT2D eigenvalue weighted by Crippen LogP contribution is -2.33. The Kier molecular flexibility index (Phi) is 10.4. The van der Waals surface area contributed by atoms with Gasteiger partial charge in [0.2, 0.25) is 0 Å². The first-order valence-electron chi connectivity index (χ1n) is 16.0. The predicted molar refractivity (Wildman–Crippen MR) is 171 cm³/mol. The number of carbonyl (C=O) groups is 4. The van der Waals surface area contributed by atoms with E-state index in [2.05, 4.69) is 0 Å². The molecule has 0 unspecified atom stereocenters. The molecule has 0 aliphatic heterocycles. The van der Waals surface area contributed by atoms with Crippen LogP contribution in [0, 0.1) is 0 Å². The van der Waals surface area contributed by atoms with Crippen molar-refractivity contribution in [2.24, 2.45) is 0 Å². The van der Waals surface area contributed by atoms with Gasteiger partial charge in [-0.25, -0.2) is 19.2 Å². The molecule has 5 rings (SSSR count). The van der Waals surface area contributed by atoms with Gasteiger partial charge >= 0.3 is 23.9 Å². The summed E-state index contributed by atoms with van der Waals surface area (Å²) in [7, 11) is 0. The molecule has 0 N–H and O–H groups in total. The highest BCUT2D eigenvalue weighted by Gasteiger charge is 2.46. The van der Waals surface area contributed by atoms with E-state index in [1.807, 2.05) is 60.7 Å². The molecule has 3 aliphatic carbocycles. The Morgan fingerprint density at radius 3 is 1.15 bits per heavy atom. The average molecular weight is 625 g/mol. The van der Waals surface area contributed by atoms with Crippen molar-refractivity contribution < 1.29 is 38.1 Å². The number of ether oxygens (including phenoxy) is 4. The third-order valence-corrected chi connectivity index (χ3v) is 8.73. The van der Waals surface area contributed by atoms with E-state index in [1.165, 1.54) is 0 Å². The van der Waals surface area contributed by atoms with Gasteiger partial charge in [-0.15, -0.1) is 0 Å². The summed E-state index contributed by atoms with van der Waals surface area (Å²) >= 11 is 0. The first-order valence-corrected chi connectivity index (χ1v) is 16.0. The van der Waals surface area contributed by atoms with Crippen LogP contribution in [0.1, 0.15) is 76.3 Å². The van der Waals surface area contributed by atoms with Crippen molar-refractivity contribution in [2.75, 3.05) is 26.4 Å². The third kappa shape index (κ3) is 6.34. The molecule has 0 fully saturated rings. The zero-order chi connectivity index (χ0) is 32.8. The maximum absolute atomic E-state index is 14.0. The van der Waals surface area contributed by atoms with Crippen LogP contribution < -0.4 is 0 Å². The smallest absolute Gasteiger partial charge is 0.335 e. The van der Waals surface area contributed by atoms with Crippen LogP contribution >= 0.6 is 0 Å². The van der Waals surface area contributed by atoms with Crippen LogP contribution in [0.3, 0.4) is 0 Å². The molecule has 8 nitrogen and oxygen atoms in total. The fraction of sp³-hybridized carbons (Fsp3) is 0.368. The lowest BCUT2D eigenvalue weighted by atomic mass is 9.62. The monoisotopic (exact) mass is 624 g/mol. The Morgan fingerprint density at radius 2 is 0.826 bits per heavy atom. The molecule has 0 saturated carbocycles. The molecule has 0 amide bonds. The summed E-state index contributed by atoms with van der Waals surface area (Å²) in [6, 6.07) is 19.3. The normalized spacial score (nSPS) is 19.3. The van der Waals surface area contributed by atoms with E-state index in [4.69, 9.17) is 18.9 Å². The second-order valence-electron chi connectivity index (χ2n) is 11.3. The number of benzene rings is 2. The molecule has 0 bridgehead atoms. The van der Waals surface area contributed by atoms with Crippen LogP contribution in [0.25, 0.3) is 0 Å². The molecule has 0 saturated heterocycles. The van der Waals surface area contributed by atoms with Gasteiger partial charge in [-0.3, -0.25) is 0 Å². The van der Waals surface area contributed by atoms with Gasteiger partial charge < -0.3 is 18.9 Å². The quantitative estimate of drug-likeness (QED) is 0.166. The van der Waals surface area contributed by atoms with Gasteiger partial charge in [0.05, 0.1) is 48.7 Å². The number of rotatable bonds is 10. The SMILES string of the molecule is CCOC(=O)C1=C(C(=O)OCC)CC2=C(C1)CC1=C(C2)[C@H](c2ccccc2)C(C(=O)OCC)=C(C(=O)OCC)[C@@H]1c1ccccc1. The van der Waals surface area contributed by atoms with Gasteiger partial charge in [-0.05, 0) is 51.7 Å². The van der Waals surface area contributed by atoms with Gasteiger partial charge in [0.25, 0.3) is 0 Å². The van der Waals surface area contributed by atoms with Gasteiger partial charge in [0.1, 0.15) is 0 Å². The van der Waals surface area contributed by atoms with E-state index in [-0.39, 0.29) is 50.4 Å². The Balaban J connectivity index is 1.72. The van der Waals surface area contributed by atoms with Crippen LogP contribution in [-0.2, 0) is 38.1 Å². The average Bonchev–Trinajstić information content (AvgIpc) is 3.07. The Bertz CT molecular complexity index is 1520. The van der Waals surface area contributed by atoms with Crippen LogP contribution in [0.4, 0.5) is 0 Å². The van der Waals surface area contributed by atoms with E-state index in [9.17, 15) is 19.2 Å². The summed E-state index contributed by atoms with van der Waals surface area (Å²) in [5.74, 6) is -3.34. The number of esters is 4. The summed E-state index contributed by atoms with van der Waals surface area (Å²) in [5.41, 5.74) is 6.83. The Morgan fingerprint density at radius 1 is 0.500 bits per heavy atom. The van der Waals surface area contributed by atoms with Gasteiger partial charge in [0.15, 0.2) is 0 Å². The first kappa shape index (κ1) is 32.7. The molecule has 8 heteroatoms. The number of hydrogen-bond donors (Lipinski definition) is 0. The second-order valence-corrected chi connectivity index (χ2v) is 11.3. The van der Waals surface area contributed by atoms with Crippen molar-refractivity contribution in [3.63, 3.8) is 0 Å². The molecule has 3 aliphatic rings. The molecule has 0 heterocycles. The summed E-state index contributed by atoms with van der Waals surface area (Å²) in [4.78, 5) is 54.3. The molecule has 2 atom stereocenters. The molecule has 240 valence electrons. The molecule has 0 spiro atoms. The predicted octanol–water partition coefficient (Wildman–Crippen LogP) is 6.59. The van der Waals surface area contributed by atoms with E-state index in [0.717, 1.165) is 33.4 Å². The van der Waals surface area contributed by atoms with Crippen LogP contribution in [0.15, 0.2) is 105 Å². The van der Waals surface area contributed by atoms with Gasteiger partial charge in [-0.2, -0.15) is 0 Å². The fourth-order valence-electron chi connectivity index (χ4n) is 6.91. The van der Waals surface area contributed by atoms with E-state index >= 15 is 0 Å². The molecule has 2 aromatic carbocycles. The zero-order valence-corrected chi connectivity index (χ0v) is 26.9. The lowest BCUT2D eigenvalue weighted by molar-refractivity contribution is -0.142. The van der Waals surface area contributed by atoms with Crippen molar-refractivity contribution in [3.8, 4) is 0 Å². The zero-order valence-electron chi connectivity index (χ0n) is 26.9. The van der Waals surface area contributed by atoms with Crippen LogP contribution in [0.2, 0.25) is 0 Å². The first-order chi connectivity index (χ1) is 22.3. The maximum atomic E-state index is 14.0. The highest BCUT2D eigenvalue weighted by molar-refractivity contribution is 6.05. The largest absolute Gasteiger partial charge is 0.463 e. The fourth-order valence-corrected chi connectivity index (χ4v) is 6.91. The van der Waals surface area contributed by atoms with Gasteiger partial charge in [0, 0.05) is 24.7 Å². The highest BCUT2D eigenvalue weighted by atomic mass is 16.5. The van der Waals surface area contributed by atoms with Crippen molar-refractivity contribution in [3.05, 3.63) is 116 Å². The minimum atomic E-state index is -0.579.